The fourth-order valence-electron chi connectivity index (χ4n) is 1.50. The predicted octanol–water partition coefficient (Wildman–Crippen LogP) is 0.846. The molecular weight excluding hydrogens is 288 g/mol. The molecule has 0 aliphatic rings. The van der Waals surface area contributed by atoms with Gasteiger partial charge in [-0.15, -0.1) is 0 Å². The fraction of sp³-hybridized carbons (Fsp3) is 0.818. The lowest BCUT2D eigenvalue weighted by atomic mass is 9.83. The second-order valence-corrected chi connectivity index (χ2v) is 6.17. The number of hydrogen-bond acceptors (Lipinski definition) is 5. The summed E-state index contributed by atoms with van der Waals surface area (Å²) < 4.78 is 31.6. The molecule has 9 heteroatoms. The Labute approximate surface area is 119 Å². The third-order valence-corrected chi connectivity index (χ3v) is 3.93. The molecule has 0 rings (SSSR count). The summed E-state index contributed by atoms with van der Waals surface area (Å²) in [5.41, 5.74) is -1.20. The van der Waals surface area contributed by atoms with Crippen molar-refractivity contribution in [2.45, 2.75) is 46.6 Å². The quantitative estimate of drug-likeness (QED) is 0.611. The first-order valence-electron chi connectivity index (χ1n) is 6.30. The van der Waals surface area contributed by atoms with Gasteiger partial charge in [0.25, 0.3) is 0 Å². The zero-order valence-corrected chi connectivity index (χ0v) is 12.9. The number of amides is 1. The maximum atomic E-state index is 11.6. The lowest BCUT2D eigenvalue weighted by molar-refractivity contribution is -0.149. The lowest BCUT2D eigenvalue weighted by Gasteiger charge is -2.26. The van der Waals surface area contributed by atoms with E-state index < -0.39 is 33.8 Å². The van der Waals surface area contributed by atoms with Gasteiger partial charge in [-0.3, -0.25) is 4.79 Å². The minimum absolute atomic E-state index is 0.262. The SMILES string of the molecule is CCC(CC)(CNS(=O)(=O)NC(=O)OC(C)C)C(=O)O. The first-order chi connectivity index (χ1) is 9.08. The number of nitrogens with one attached hydrogen (secondary N) is 2. The van der Waals surface area contributed by atoms with Crippen LogP contribution in [0.25, 0.3) is 0 Å². The van der Waals surface area contributed by atoms with Crippen LogP contribution in [0.3, 0.4) is 0 Å². The van der Waals surface area contributed by atoms with E-state index in [4.69, 9.17) is 0 Å². The first-order valence-corrected chi connectivity index (χ1v) is 7.78. The largest absolute Gasteiger partial charge is 0.481 e. The molecular formula is C11H22N2O6S. The summed E-state index contributed by atoms with van der Waals surface area (Å²) in [6.45, 7) is 6.16. The van der Waals surface area contributed by atoms with Crippen molar-refractivity contribution in [3.05, 3.63) is 0 Å². The van der Waals surface area contributed by atoms with Gasteiger partial charge in [0.15, 0.2) is 0 Å². The van der Waals surface area contributed by atoms with Crippen LogP contribution in [0.4, 0.5) is 4.79 Å². The van der Waals surface area contributed by atoms with Gasteiger partial charge in [0, 0.05) is 6.54 Å². The van der Waals surface area contributed by atoms with Gasteiger partial charge in [0.2, 0.25) is 0 Å². The molecule has 0 fully saturated rings. The van der Waals surface area contributed by atoms with E-state index >= 15 is 0 Å². The van der Waals surface area contributed by atoms with Crippen LogP contribution in [0.5, 0.6) is 0 Å². The third kappa shape index (κ3) is 5.74. The van der Waals surface area contributed by atoms with Gasteiger partial charge in [-0.25, -0.2) is 9.52 Å². The summed E-state index contributed by atoms with van der Waals surface area (Å²) in [4.78, 5) is 22.4. The molecule has 3 N–H and O–H groups in total. The summed E-state index contributed by atoms with van der Waals surface area (Å²) in [6, 6.07) is 0. The van der Waals surface area contributed by atoms with Gasteiger partial charge < -0.3 is 9.84 Å². The van der Waals surface area contributed by atoms with Gasteiger partial charge in [-0.05, 0) is 26.7 Å². The predicted molar refractivity (Wildman–Crippen MR) is 72.3 cm³/mol. The summed E-state index contributed by atoms with van der Waals surface area (Å²) >= 11 is 0. The average Bonchev–Trinajstić information content (AvgIpc) is 2.28. The summed E-state index contributed by atoms with van der Waals surface area (Å²) in [6.07, 6.45) is -1.05. The second-order valence-electron chi connectivity index (χ2n) is 4.67. The van der Waals surface area contributed by atoms with Crippen LogP contribution < -0.4 is 9.44 Å². The molecule has 0 aliphatic heterocycles. The normalized spacial score (nSPS) is 12.2. The molecule has 0 aromatic heterocycles. The van der Waals surface area contributed by atoms with E-state index in [0.717, 1.165) is 0 Å². The van der Waals surface area contributed by atoms with E-state index in [1.54, 1.807) is 32.4 Å². The third-order valence-electron chi connectivity index (χ3n) is 2.97. The fourth-order valence-corrected chi connectivity index (χ4v) is 2.30. The molecule has 0 saturated heterocycles. The molecule has 0 bridgehead atoms. The number of rotatable bonds is 8. The molecule has 0 saturated carbocycles. The Hall–Kier alpha value is -1.35. The molecule has 20 heavy (non-hydrogen) atoms. The number of carboxylic acid groups (broad SMARTS) is 1. The highest BCUT2D eigenvalue weighted by molar-refractivity contribution is 7.88. The Morgan fingerprint density at radius 3 is 2.10 bits per heavy atom. The van der Waals surface area contributed by atoms with Crippen LogP contribution in [0.2, 0.25) is 0 Å². The minimum atomic E-state index is -4.15. The summed E-state index contributed by atoms with van der Waals surface area (Å²) in [5.74, 6) is -1.09. The highest BCUT2D eigenvalue weighted by Gasteiger charge is 2.36. The van der Waals surface area contributed by atoms with Crippen molar-refractivity contribution in [1.29, 1.82) is 0 Å². The Balaban J connectivity index is 4.70. The lowest BCUT2D eigenvalue weighted by Crippen LogP contribution is -2.47. The molecule has 8 nitrogen and oxygen atoms in total. The highest BCUT2D eigenvalue weighted by Crippen LogP contribution is 2.25. The Morgan fingerprint density at radius 2 is 1.75 bits per heavy atom. The maximum Gasteiger partial charge on any atom is 0.422 e. The molecule has 0 aromatic carbocycles. The van der Waals surface area contributed by atoms with E-state index in [9.17, 15) is 23.1 Å². The molecule has 0 aromatic rings. The van der Waals surface area contributed by atoms with Crippen LogP contribution in [0, 0.1) is 5.41 Å². The van der Waals surface area contributed by atoms with Crippen molar-refractivity contribution in [3.8, 4) is 0 Å². The van der Waals surface area contributed by atoms with Crippen molar-refractivity contribution >= 4 is 22.3 Å². The van der Waals surface area contributed by atoms with Crippen molar-refractivity contribution in [1.82, 2.24) is 9.44 Å². The highest BCUT2D eigenvalue weighted by atomic mass is 32.2. The first kappa shape index (κ1) is 18.7. The van der Waals surface area contributed by atoms with Gasteiger partial charge in [0.05, 0.1) is 11.5 Å². The van der Waals surface area contributed by atoms with Gasteiger partial charge in [0.1, 0.15) is 0 Å². The molecule has 0 heterocycles. The summed E-state index contributed by atoms with van der Waals surface area (Å²) in [5, 5.41) is 9.17. The minimum Gasteiger partial charge on any atom is -0.481 e. The Kier molecular flexibility index (Phi) is 6.94. The number of carbonyl (C=O) groups excluding carboxylic acids is 1. The summed E-state index contributed by atoms with van der Waals surface area (Å²) in [7, 11) is -4.15. The second kappa shape index (κ2) is 7.44. The van der Waals surface area contributed by atoms with E-state index in [1.165, 1.54) is 0 Å². The Morgan fingerprint density at radius 1 is 1.25 bits per heavy atom. The monoisotopic (exact) mass is 310 g/mol. The molecule has 0 unspecified atom stereocenters. The van der Waals surface area contributed by atoms with Crippen molar-refractivity contribution < 1.29 is 27.9 Å². The number of aliphatic carboxylic acids is 1. The zero-order chi connectivity index (χ0) is 16.0. The molecule has 0 atom stereocenters. The van der Waals surface area contributed by atoms with Crippen LogP contribution in [0.1, 0.15) is 40.5 Å². The number of ether oxygens (including phenoxy) is 1. The number of carboxylic acids is 1. The zero-order valence-electron chi connectivity index (χ0n) is 12.1. The van der Waals surface area contributed by atoms with E-state index in [2.05, 4.69) is 9.46 Å². The molecule has 0 radical (unpaired) electrons. The number of carbonyl (C=O) groups is 2. The molecule has 118 valence electrons. The topological polar surface area (TPSA) is 122 Å². The van der Waals surface area contributed by atoms with Crippen molar-refractivity contribution in [3.63, 3.8) is 0 Å². The van der Waals surface area contributed by atoms with Gasteiger partial charge >= 0.3 is 22.3 Å². The standard InChI is InChI=1S/C11H22N2O6S/c1-5-11(6-2,9(14)15)7-12-20(17,18)13-10(16)19-8(3)4/h8,12H,5-7H2,1-4H3,(H,13,16)(H,14,15). The smallest absolute Gasteiger partial charge is 0.422 e. The van der Waals surface area contributed by atoms with Crippen molar-refractivity contribution in [2.24, 2.45) is 5.41 Å². The van der Waals surface area contributed by atoms with Crippen LogP contribution in [0.15, 0.2) is 0 Å². The van der Waals surface area contributed by atoms with Crippen LogP contribution in [-0.2, 0) is 19.7 Å². The van der Waals surface area contributed by atoms with Crippen molar-refractivity contribution in [2.75, 3.05) is 6.54 Å². The molecule has 0 spiro atoms. The van der Waals surface area contributed by atoms with Crippen LogP contribution >= 0.6 is 0 Å². The Bertz CT molecular complexity index is 442. The van der Waals surface area contributed by atoms with E-state index in [-0.39, 0.29) is 19.4 Å². The van der Waals surface area contributed by atoms with Gasteiger partial charge in [-0.2, -0.15) is 13.1 Å². The maximum absolute atomic E-state index is 11.6. The number of hydrogen-bond donors (Lipinski definition) is 3. The van der Waals surface area contributed by atoms with E-state index in [0.29, 0.717) is 0 Å². The van der Waals surface area contributed by atoms with Crippen LogP contribution in [-0.4, -0.2) is 38.2 Å². The molecule has 0 aliphatic carbocycles. The van der Waals surface area contributed by atoms with Gasteiger partial charge in [-0.1, -0.05) is 13.8 Å². The average molecular weight is 310 g/mol. The molecule has 1 amide bonds. The van der Waals surface area contributed by atoms with E-state index in [1.807, 2.05) is 0 Å².